The van der Waals surface area contributed by atoms with E-state index in [9.17, 15) is 0 Å². The Morgan fingerprint density at radius 3 is 2.27 bits per heavy atom. The second-order valence-corrected chi connectivity index (χ2v) is 4.56. The number of nitrogens with zero attached hydrogens (tertiary/aromatic N) is 1. The molecule has 0 spiro atoms. The van der Waals surface area contributed by atoms with Crippen LogP contribution < -0.4 is 5.73 Å². The molecular formula is C11H9ClN2S. The van der Waals surface area contributed by atoms with Gasteiger partial charge in [-0.05, 0) is 36.4 Å². The number of anilines is 1. The second-order valence-electron chi connectivity index (χ2n) is 2.97. The van der Waals surface area contributed by atoms with E-state index in [1.807, 2.05) is 30.3 Å². The monoisotopic (exact) mass is 236 g/mol. The lowest BCUT2D eigenvalue weighted by Crippen LogP contribution is -1.87. The summed E-state index contributed by atoms with van der Waals surface area (Å²) in [5.41, 5.74) is 5.50. The Labute approximate surface area is 97.5 Å². The molecule has 0 saturated carbocycles. The Morgan fingerprint density at radius 1 is 1.00 bits per heavy atom. The van der Waals surface area contributed by atoms with E-state index in [0.717, 1.165) is 14.8 Å². The lowest BCUT2D eigenvalue weighted by atomic mass is 10.4. The van der Waals surface area contributed by atoms with Crippen LogP contribution in [0.5, 0.6) is 0 Å². The van der Waals surface area contributed by atoms with Crippen LogP contribution in [0.1, 0.15) is 0 Å². The summed E-state index contributed by atoms with van der Waals surface area (Å²) in [7, 11) is 0. The van der Waals surface area contributed by atoms with Gasteiger partial charge in [0, 0.05) is 21.0 Å². The first kappa shape index (κ1) is 10.3. The number of rotatable bonds is 2. The van der Waals surface area contributed by atoms with Crippen molar-refractivity contribution in [2.75, 3.05) is 5.73 Å². The predicted octanol–water partition coefficient (Wildman–Crippen LogP) is 3.47. The molecule has 2 N–H and O–H groups in total. The molecule has 0 unspecified atom stereocenters. The minimum atomic E-state index is 0.537. The lowest BCUT2D eigenvalue weighted by molar-refractivity contribution is 1.24. The van der Waals surface area contributed by atoms with Crippen molar-refractivity contribution in [3.63, 3.8) is 0 Å². The van der Waals surface area contributed by atoms with Crippen molar-refractivity contribution in [1.82, 2.24) is 4.98 Å². The zero-order valence-electron chi connectivity index (χ0n) is 7.85. The molecule has 2 aromatic rings. The Hall–Kier alpha value is -1.19. The van der Waals surface area contributed by atoms with Crippen LogP contribution >= 0.6 is 23.4 Å². The molecule has 1 heterocycles. The number of hydrogen-bond acceptors (Lipinski definition) is 3. The minimum Gasteiger partial charge on any atom is -0.384 e. The normalized spacial score (nSPS) is 10.2. The van der Waals surface area contributed by atoms with Crippen LogP contribution in [0.3, 0.4) is 0 Å². The van der Waals surface area contributed by atoms with Gasteiger partial charge in [-0.15, -0.1) is 0 Å². The van der Waals surface area contributed by atoms with Gasteiger partial charge in [0.15, 0.2) is 0 Å². The highest BCUT2D eigenvalue weighted by molar-refractivity contribution is 7.99. The third-order valence-electron chi connectivity index (χ3n) is 1.81. The first-order valence-corrected chi connectivity index (χ1v) is 5.58. The van der Waals surface area contributed by atoms with Crippen LogP contribution in [0, 0.1) is 0 Å². The third-order valence-corrected chi connectivity index (χ3v) is 3.05. The Bertz CT molecular complexity index is 396. The standard InChI is InChI=1S/C11H9ClN2S/c12-8-1-3-9(4-2-8)15-10-5-6-11(13)14-7-10/h1-7H,(H2,13,14). The molecule has 0 aliphatic heterocycles. The lowest BCUT2D eigenvalue weighted by Gasteiger charge is -2.01. The molecule has 0 saturated heterocycles. The molecule has 0 fully saturated rings. The summed E-state index contributed by atoms with van der Waals surface area (Å²) in [5, 5.41) is 0.745. The van der Waals surface area contributed by atoms with Gasteiger partial charge in [-0.25, -0.2) is 4.98 Å². The molecule has 0 atom stereocenters. The molecule has 1 aromatic carbocycles. The average molecular weight is 237 g/mol. The smallest absolute Gasteiger partial charge is 0.123 e. The summed E-state index contributed by atoms with van der Waals surface area (Å²) in [5.74, 6) is 0.537. The number of halogens is 1. The van der Waals surface area contributed by atoms with E-state index in [1.165, 1.54) is 0 Å². The van der Waals surface area contributed by atoms with Crippen molar-refractivity contribution >= 4 is 29.2 Å². The summed E-state index contributed by atoms with van der Waals surface area (Å²) in [6.45, 7) is 0. The highest BCUT2D eigenvalue weighted by Crippen LogP contribution is 2.28. The fourth-order valence-corrected chi connectivity index (χ4v) is 2.00. The Morgan fingerprint density at radius 2 is 1.67 bits per heavy atom. The fraction of sp³-hybridized carbons (Fsp3) is 0. The van der Waals surface area contributed by atoms with E-state index in [4.69, 9.17) is 17.3 Å². The first-order chi connectivity index (χ1) is 7.24. The van der Waals surface area contributed by atoms with Gasteiger partial charge in [-0.3, -0.25) is 0 Å². The van der Waals surface area contributed by atoms with Crippen molar-refractivity contribution in [2.24, 2.45) is 0 Å². The summed E-state index contributed by atoms with van der Waals surface area (Å²) in [4.78, 5) is 6.22. The quantitative estimate of drug-likeness (QED) is 0.868. The molecule has 1 aromatic heterocycles. The van der Waals surface area contributed by atoms with E-state index in [1.54, 1.807) is 24.0 Å². The van der Waals surface area contributed by atoms with Crippen molar-refractivity contribution < 1.29 is 0 Å². The van der Waals surface area contributed by atoms with Gasteiger partial charge in [0.05, 0.1) is 0 Å². The number of benzene rings is 1. The number of nitrogen functional groups attached to an aromatic ring is 1. The fourth-order valence-electron chi connectivity index (χ4n) is 1.09. The molecule has 76 valence electrons. The van der Waals surface area contributed by atoms with Crippen molar-refractivity contribution in [3.05, 3.63) is 47.6 Å². The first-order valence-electron chi connectivity index (χ1n) is 4.39. The number of nitrogens with two attached hydrogens (primary N) is 1. The molecule has 2 rings (SSSR count). The zero-order chi connectivity index (χ0) is 10.7. The van der Waals surface area contributed by atoms with Gasteiger partial charge < -0.3 is 5.73 Å². The maximum atomic E-state index is 5.80. The molecule has 2 nitrogen and oxygen atoms in total. The molecule has 0 radical (unpaired) electrons. The van der Waals surface area contributed by atoms with E-state index >= 15 is 0 Å². The zero-order valence-corrected chi connectivity index (χ0v) is 9.42. The predicted molar refractivity (Wildman–Crippen MR) is 64.2 cm³/mol. The van der Waals surface area contributed by atoms with Gasteiger partial charge in [0.1, 0.15) is 5.82 Å². The summed E-state index contributed by atoms with van der Waals surface area (Å²) in [6.07, 6.45) is 1.76. The van der Waals surface area contributed by atoms with E-state index in [2.05, 4.69) is 4.98 Å². The summed E-state index contributed by atoms with van der Waals surface area (Å²) in [6, 6.07) is 11.4. The maximum Gasteiger partial charge on any atom is 0.123 e. The van der Waals surface area contributed by atoms with Gasteiger partial charge in [0.2, 0.25) is 0 Å². The largest absolute Gasteiger partial charge is 0.384 e. The molecule has 0 aliphatic carbocycles. The van der Waals surface area contributed by atoms with Crippen molar-refractivity contribution in [3.8, 4) is 0 Å². The van der Waals surface area contributed by atoms with Crippen LogP contribution in [0.2, 0.25) is 5.02 Å². The Balaban J connectivity index is 2.15. The van der Waals surface area contributed by atoms with Crippen LogP contribution in [0.25, 0.3) is 0 Å². The SMILES string of the molecule is Nc1ccc(Sc2ccc(Cl)cc2)cn1. The van der Waals surface area contributed by atoms with Gasteiger partial charge >= 0.3 is 0 Å². The number of hydrogen-bond donors (Lipinski definition) is 1. The highest BCUT2D eigenvalue weighted by Gasteiger charge is 1.97. The maximum absolute atomic E-state index is 5.80. The van der Waals surface area contributed by atoms with Crippen molar-refractivity contribution in [2.45, 2.75) is 9.79 Å². The van der Waals surface area contributed by atoms with Gasteiger partial charge in [-0.1, -0.05) is 23.4 Å². The molecule has 0 amide bonds. The topological polar surface area (TPSA) is 38.9 Å². The van der Waals surface area contributed by atoms with E-state index in [0.29, 0.717) is 5.82 Å². The van der Waals surface area contributed by atoms with Gasteiger partial charge in [-0.2, -0.15) is 0 Å². The molecule has 15 heavy (non-hydrogen) atoms. The molecule has 0 bridgehead atoms. The molecule has 4 heteroatoms. The summed E-state index contributed by atoms with van der Waals surface area (Å²) < 4.78 is 0. The minimum absolute atomic E-state index is 0.537. The van der Waals surface area contributed by atoms with Gasteiger partial charge in [0.25, 0.3) is 0 Å². The molecular weight excluding hydrogens is 228 g/mol. The number of aromatic nitrogens is 1. The van der Waals surface area contributed by atoms with Crippen LogP contribution in [-0.2, 0) is 0 Å². The summed E-state index contributed by atoms with van der Waals surface area (Å²) >= 11 is 7.43. The second kappa shape index (κ2) is 4.55. The van der Waals surface area contributed by atoms with Crippen molar-refractivity contribution in [1.29, 1.82) is 0 Å². The van der Waals surface area contributed by atoms with Crippen LogP contribution in [-0.4, -0.2) is 4.98 Å². The van der Waals surface area contributed by atoms with E-state index in [-0.39, 0.29) is 0 Å². The van der Waals surface area contributed by atoms with Crippen LogP contribution in [0.15, 0.2) is 52.4 Å². The Kier molecular flexibility index (Phi) is 3.14. The third kappa shape index (κ3) is 2.88. The number of pyridine rings is 1. The molecule has 0 aliphatic rings. The average Bonchev–Trinajstić information content (AvgIpc) is 2.25. The highest BCUT2D eigenvalue weighted by atomic mass is 35.5. The van der Waals surface area contributed by atoms with Crippen LogP contribution in [0.4, 0.5) is 5.82 Å². The van der Waals surface area contributed by atoms with E-state index < -0.39 is 0 Å².